The molecule has 0 heterocycles. The SMILES string of the molecule is COCCNC(=O)C(C)Oc1c(Cl)cc(CN)cc1OC. The highest BCUT2D eigenvalue weighted by atomic mass is 35.5. The lowest BCUT2D eigenvalue weighted by molar-refractivity contribution is -0.127. The maximum atomic E-state index is 11.9. The van der Waals surface area contributed by atoms with E-state index in [1.165, 1.54) is 7.11 Å². The molecule has 1 rings (SSSR count). The van der Waals surface area contributed by atoms with E-state index in [-0.39, 0.29) is 5.91 Å². The molecule has 0 aliphatic heterocycles. The standard InChI is InChI=1S/C14H21ClN2O4/c1-9(14(18)17-4-5-19-2)21-13-11(15)6-10(8-16)7-12(13)20-3/h6-7,9H,4-5,8,16H2,1-3H3,(H,17,18). The third kappa shape index (κ3) is 5.08. The molecule has 1 aromatic rings. The number of rotatable bonds is 8. The average Bonchev–Trinajstić information content (AvgIpc) is 2.48. The summed E-state index contributed by atoms with van der Waals surface area (Å²) in [6.45, 7) is 2.83. The van der Waals surface area contributed by atoms with E-state index < -0.39 is 6.10 Å². The van der Waals surface area contributed by atoms with Gasteiger partial charge < -0.3 is 25.3 Å². The number of nitrogens with two attached hydrogens (primary N) is 1. The van der Waals surface area contributed by atoms with Gasteiger partial charge in [-0.2, -0.15) is 0 Å². The second-order valence-electron chi connectivity index (χ2n) is 4.36. The van der Waals surface area contributed by atoms with Crippen LogP contribution in [-0.4, -0.2) is 39.4 Å². The van der Waals surface area contributed by atoms with Gasteiger partial charge in [-0.05, 0) is 24.6 Å². The monoisotopic (exact) mass is 316 g/mol. The molecule has 6 nitrogen and oxygen atoms in total. The van der Waals surface area contributed by atoms with Crippen molar-refractivity contribution in [3.8, 4) is 11.5 Å². The van der Waals surface area contributed by atoms with E-state index in [1.54, 1.807) is 26.2 Å². The molecule has 7 heteroatoms. The number of hydrogen-bond acceptors (Lipinski definition) is 5. The number of amides is 1. The third-order valence-electron chi connectivity index (χ3n) is 2.79. The predicted molar refractivity (Wildman–Crippen MR) is 80.9 cm³/mol. The highest BCUT2D eigenvalue weighted by Gasteiger charge is 2.19. The zero-order chi connectivity index (χ0) is 15.8. The molecule has 1 aromatic carbocycles. The van der Waals surface area contributed by atoms with Gasteiger partial charge in [-0.25, -0.2) is 0 Å². The van der Waals surface area contributed by atoms with E-state index >= 15 is 0 Å². The van der Waals surface area contributed by atoms with Crippen molar-refractivity contribution in [3.63, 3.8) is 0 Å². The zero-order valence-electron chi connectivity index (χ0n) is 12.4. The van der Waals surface area contributed by atoms with Crippen molar-refractivity contribution < 1.29 is 19.0 Å². The summed E-state index contributed by atoms with van der Waals surface area (Å²) in [5.74, 6) is 0.512. The van der Waals surface area contributed by atoms with Gasteiger partial charge in [-0.1, -0.05) is 11.6 Å². The summed E-state index contributed by atoms with van der Waals surface area (Å²) in [6.07, 6.45) is -0.711. The molecule has 0 bridgehead atoms. The fourth-order valence-corrected chi connectivity index (χ4v) is 1.93. The Morgan fingerprint density at radius 2 is 2.14 bits per heavy atom. The summed E-state index contributed by atoms with van der Waals surface area (Å²) in [7, 11) is 3.07. The maximum absolute atomic E-state index is 11.9. The Bertz CT molecular complexity index is 482. The first-order chi connectivity index (χ1) is 10.0. The molecular weight excluding hydrogens is 296 g/mol. The lowest BCUT2D eigenvalue weighted by Crippen LogP contribution is -2.38. The molecule has 118 valence electrons. The molecule has 1 atom stereocenters. The van der Waals surface area contributed by atoms with Gasteiger partial charge in [0.15, 0.2) is 17.6 Å². The molecule has 0 aliphatic carbocycles. The average molecular weight is 317 g/mol. The van der Waals surface area contributed by atoms with Crippen molar-refractivity contribution >= 4 is 17.5 Å². The Labute approximate surface area is 129 Å². The van der Waals surface area contributed by atoms with E-state index in [4.69, 9.17) is 31.5 Å². The lowest BCUT2D eigenvalue weighted by atomic mass is 10.2. The molecule has 1 amide bonds. The van der Waals surface area contributed by atoms with Gasteiger partial charge >= 0.3 is 0 Å². The van der Waals surface area contributed by atoms with Gasteiger partial charge in [0.05, 0.1) is 18.7 Å². The Hall–Kier alpha value is -1.50. The molecule has 0 aliphatic rings. The van der Waals surface area contributed by atoms with Gasteiger partial charge in [0.1, 0.15) is 0 Å². The summed E-state index contributed by atoms with van der Waals surface area (Å²) in [5, 5.41) is 3.04. The largest absolute Gasteiger partial charge is 0.493 e. The fraction of sp³-hybridized carbons (Fsp3) is 0.500. The highest BCUT2D eigenvalue weighted by Crippen LogP contribution is 2.37. The first-order valence-electron chi connectivity index (χ1n) is 6.53. The van der Waals surface area contributed by atoms with Crippen LogP contribution in [-0.2, 0) is 16.1 Å². The van der Waals surface area contributed by atoms with Gasteiger partial charge in [-0.3, -0.25) is 4.79 Å². The van der Waals surface area contributed by atoms with Gasteiger partial charge in [0, 0.05) is 20.2 Å². The third-order valence-corrected chi connectivity index (χ3v) is 3.07. The molecule has 1 unspecified atom stereocenters. The van der Waals surface area contributed by atoms with Crippen LogP contribution in [0.25, 0.3) is 0 Å². The van der Waals surface area contributed by atoms with Crippen LogP contribution >= 0.6 is 11.6 Å². The van der Waals surface area contributed by atoms with Gasteiger partial charge in [0.2, 0.25) is 0 Å². The van der Waals surface area contributed by atoms with E-state index in [9.17, 15) is 4.79 Å². The maximum Gasteiger partial charge on any atom is 0.260 e. The van der Waals surface area contributed by atoms with Crippen molar-refractivity contribution in [2.24, 2.45) is 5.73 Å². The lowest BCUT2D eigenvalue weighted by Gasteiger charge is -2.18. The van der Waals surface area contributed by atoms with Crippen LogP contribution in [0.15, 0.2) is 12.1 Å². The van der Waals surface area contributed by atoms with Gasteiger partial charge in [-0.15, -0.1) is 0 Å². The number of benzene rings is 1. The van der Waals surface area contributed by atoms with Crippen molar-refractivity contribution in [2.75, 3.05) is 27.4 Å². The minimum Gasteiger partial charge on any atom is -0.493 e. The van der Waals surface area contributed by atoms with E-state index in [0.29, 0.717) is 36.2 Å². The summed E-state index contributed by atoms with van der Waals surface area (Å²) >= 11 is 6.16. The number of methoxy groups -OCH3 is 2. The predicted octanol–water partition coefficient (Wildman–Crippen LogP) is 1.34. The van der Waals surface area contributed by atoms with E-state index in [1.807, 2.05) is 0 Å². The summed E-state index contributed by atoms with van der Waals surface area (Å²) < 4.78 is 15.7. The van der Waals surface area contributed by atoms with Crippen molar-refractivity contribution in [2.45, 2.75) is 19.6 Å². The Kier molecular flexibility index (Phi) is 7.28. The summed E-state index contributed by atoms with van der Waals surface area (Å²) in [6, 6.07) is 3.42. The molecule has 0 fully saturated rings. The van der Waals surface area contributed by atoms with Gasteiger partial charge in [0.25, 0.3) is 5.91 Å². The summed E-state index contributed by atoms with van der Waals surface area (Å²) in [5.41, 5.74) is 6.40. The van der Waals surface area contributed by atoms with Crippen molar-refractivity contribution in [3.05, 3.63) is 22.7 Å². The van der Waals surface area contributed by atoms with E-state index in [0.717, 1.165) is 5.56 Å². The van der Waals surface area contributed by atoms with E-state index in [2.05, 4.69) is 5.32 Å². The number of carbonyl (C=O) groups excluding carboxylic acids is 1. The Morgan fingerprint density at radius 1 is 1.43 bits per heavy atom. The van der Waals surface area contributed by atoms with Crippen LogP contribution in [0.1, 0.15) is 12.5 Å². The quantitative estimate of drug-likeness (QED) is 0.707. The zero-order valence-corrected chi connectivity index (χ0v) is 13.2. The second kappa shape index (κ2) is 8.71. The molecule has 0 aromatic heterocycles. The molecule has 0 spiro atoms. The number of hydrogen-bond donors (Lipinski definition) is 2. The Morgan fingerprint density at radius 3 is 2.71 bits per heavy atom. The first kappa shape index (κ1) is 17.6. The van der Waals surface area contributed by atoms with Crippen LogP contribution in [0.5, 0.6) is 11.5 Å². The van der Waals surface area contributed by atoms with Crippen molar-refractivity contribution in [1.29, 1.82) is 0 Å². The number of ether oxygens (including phenoxy) is 3. The number of halogens is 1. The molecule has 0 radical (unpaired) electrons. The molecular formula is C14H21ClN2O4. The normalized spacial score (nSPS) is 11.9. The topological polar surface area (TPSA) is 82.8 Å². The van der Waals surface area contributed by atoms with Crippen LogP contribution < -0.4 is 20.5 Å². The molecule has 21 heavy (non-hydrogen) atoms. The summed E-state index contributed by atoms with van der Waals surface area (Å²) in [4.78, 5) is 11.9. The minimum atomic E-state index is -0.711. The molecule has 0 saturated heterocycles. The van der Waals surface area contributed by atoms with Crippen LogP contribution in [0.4, 0.5) is 0 Å². The number of nitrogens with one attached hydrogen (secondary N) is 1. The molecule has 0 saturated carbocycles. The van der Waals surface area contributed by atoms with Crippen LogP contribution in [0.2, 0.25) is 5.02 Å². The van der Waals surface area contributed by atoms with Crippen LogP contribution in [0.3, 0.4) is 0 Å². The first-order valence-corrected chi connectivity index (χ1v) is 6.91. The van der Waals surface area contributed by atoms with Crippen LogP contribution in [0, 0.1) is 0 Å². The minimum absolute atomic E-state index is 0.256. The second-order valence-corrected chi connectivity index (χ2v) is 4.76. The molecule has 3 N–H and O–H groups in total. The highest BCUT2D eigenvalue weighted by molar-refractivity contribution is 6.32. The number of carbonyl (C=O) groups is 1. The van der Waals surface area contributed by atoms with Crippen molar-refractivity contribution in [1.82, 2.24) is 5.32 Å². The smallest absolute Gasteiger partial charge is 0.260 e. The fourth-order valence-electron chi connectivity index (χ4n) is 1.66. The Balaban J connectivity index is 2.79.